The van der Waals surface area contributed by atoms with Gasteiger partial charge in [-0.3, -0.25) is 14.5 Å². The van der Waals surface area contributed by atoms with Crippen LogP contribution in [0.15, 0.2) is 30.3 Å². The lowest BCUT2D eigenvalue weighted by molar-refractivity contribution is -0.245. The molecule has 1 aromatic rings. The highest BCUT2D eigenvalue weighted by atomic mass is 16.7. The fourth-order valence-electron chi connectivity index (χ4n) is 13.2. The summed E-state index contributed by atoms with van der Waals surface area (Å²) >= 11 is 0. The minimum Gasteiger partial charge on any atom is -0.457 e. The van der Waals surface area contributed by atoms with E-state index in [-0.39, 0.29) is 46.3 Å². The number of morpholine rings is 1. The Bertz CT molecular complexity index is 1440. The van der Waals surface area contributed by atoms with Crippen molar-refractivity contribution in [1.29, 1.82) is 0 Å². The highest BCUT2D eigenvalue weighted by Gasteiger charge is 2.82. The molecule has 49 heavy (non-hydrogen) atoms. The summed E-state index contributed by atoms with van der Waals surface area (Å²) in [4.78, 5) is 29.0. The molecule has 5 aliphatic carbocycles. The molecule has 2 saturated heterocycles. The van der Waals surface area contributed by atoms with E-state index in [9.17, 15) is 14.7 Å². The van der Waals surface area contributed by atoms with Crippen LogP contribution in [0.3, 0.4) is 0 Å². The average Bonchev–Trinajstić information content (AvgIpc) is 3.66. The molecular weight excluding hydrogens is 618 g/mol. The largest absolute Gasteiger partial charge is 0.457 e. The summed E-state index contributed by atoms with van der Waals surface area (Å²) in [5.74, 6) is 1.04. The maximum Gasteiger partial charge on any atom is 0.303 e. The third-order valence-corrected chi connectivity index (χ3v) is 15.3. The average molecular weight is 678 g/mol. The Morgan fingerprint density at radius 1 is 1.02 bits per heavy atom. The van der Waals surface area contributed by atoms with Gasteiger partial charge in [-0.15, -0.1) is 0 Å². The van der Waals surface area contributed by atoms with E-state index >= 15 is 0 Å². The molecule has 1 N–H and O–H groups in total. The van der Waals surface area contributed by atoms with Crippen molar-refractivity contribution < 1.29 is 33.6 Å². The SMILES string of the molecule is CC(=O)O[C@@H](C1CCC2C(O1)C(=O)C1C3CCC4C(C)(C)[C@@H](OC5CN(Cc6ccccc6)CCO5)CC[C@@]45CC35CC[C@]21C)C(C)(C)O. The summed E-state index contributed by atoms with van der Waals surface area (Å²) in [6.45, 7) is 15.3. The zero-order chi connectivity index (χ0) is 34.6. The normalized spacial score (nSPS) is 44.8. The van der Waals surface area contributed by atoms with Gasteiger partial charge in [0.05, 0.1) is 24.4 Å². The summed E-state index contributed by atoms with van der Waals surface area (Å²) in [5, 5.41) is 10.9. The van der Waals surface area contributed by atoms with E-state index in [0.29, 0.717) is 30.3 Å². The lowest BCUT2D eigenvalue weighted by atomic mass is 9.46. The number of carbonyl (C=O) groups is 2. The second kappa shape index (κ2) is 11.8. The molecule has 5 saturated carbocycles. The van der Waals surface area contributed by atoms with E-state index < -0.39 is 29.9 Å². The third kappa shape index (κ3) is 5.31. The van der Waals surface area contributed by atoms with Gasteiger partial charge < -0.3 is 24.1 Å². The van der Waals surface area contributed by atoms with Crippen LogP contribution in [-0.4, -0.2) is 77.8 Å². The Morgan fingerprint density at radius 3 is 2.51 bits per heavy atom. The lowest BCUT2D eigenvalue weighted by Crippen LogP contribution is -2.56. The van der Waals surface area contributed by atoms with E-state index in [1.807, 2.05) is 0 Å². The van der Waals surface area contributed by atoms with Crippen LogP contribution >= 0.6 is 0 Å². The maximum atomic E-state index is 14.6. The Labute approximate surface area is 292 Å². The first-order valence-electron chi connectivity index (χ1n) is 19.3. The highest BCUT2D eigenvalue weighted by Crippen LogP contribution is 2.87. The van der Waals surface area contributed by atoms with E-state index in [1.54, 1.807) is 13.8 Å². The Hall–Kier alpha value is -1.84. The number of ether oxygens (including phenoxy) is 4. The van der Waals surface area contributed by atoms with Gasteiger partial charge >= 0.3 is 5.97 Å². The number of fused-ring (bicyclic) bond motifs is 4. The first-order valence-corrected chi connectivity index (χ1v) is 19.3. The second-order valence-electron chi connectivity index (χ2n) is 18.6. The zero-order valence-electron chi connectivity index (χ0n) is 30.6. The van der Waals surface area contributed by atoms with Gasteiger partial charge in [-0.1, -0.05) is 51.1 Å². The maximum absolute atomic E-state index is 14.6. The van der Waals surface area contributed by atoms with Gasteiger partial charge in [0.25, 0.3) is 0 Å². The monoisotopic (exact) mass is 677 g/mol. The molecule has 8 rings (SSSR count). The van der Waals surface area contributed by atoms with Crippen LogP contribution in [0.25, 0.3) is 0 Å². The molecule has 2 aliphatic heterocycles. The number of ketones is 1. The van der Waals surface area contributed by atoms with Crippen LogP contribution in [-0.2, 0) is 35.1 Å². The quantitative estimate of drug-likeness (QED) is 0.336. The summed E-state index contributed by atoms with van der Waals surface area (Å²) in [6.07, 6.45) is 7.79. The molecule has 0 amide bonds. The van der Waals surface area contributed by atoms with E-state index in [0.717, 1.165) is 51.7 Å². The summed E-state index contributed by atoms with van der Waals surface area (Å²) in [7, 11) is 0. The third-order valence-electron chi connectivity index (χ3n) is 15.3. The smallest absolute Gasteiger partial charge is 0.303 e. The van der Waals surface area contributed by atoms with Crippen molar-refractivity contribution in [2.24, 2.45) is 45.3 Å². The second-order valence-corrected chi connectivity index (χ2v) is 18.6. The number of nitrogens with zero attached hydrogens (tertiary/aromatic N) is 1. The molecule has 2 spiro atoms. The van der Waals surface area contributed by atoms with Gasteiger partial charge in [-0.2, -0.15) is 0 Å². The molecule has 270 valence electrons. The van der Waals surface area contributed by atoms with Gasteiger partial charge in [0.15, 0.2) is 18.2 Å². The summed E-state index contributed by atoms with van der Waals surface area (Å²) < 4.78 is 25.4. The number of rotatable bonds is 7. The number of hydrogen-bond donors (Lipinski definition) is 1. The van der Waals surface area contributed by atoms with Crippen molar-refractivity contribution in [1.82, 2.24) is 4.90 Å². The van der Waals surface area contributed by atoms with Crippen LogP contribution in [0, 0.1) is 45.3 Å². The molecule has 8 nitrogen and oxygen atoms in total. The van der Waals surface area contributed by atoms with E-state index in [1.165, 1.54) is 31.7 Å². The molecular formula is C41H59NO7. The van der Waals surface area contributed by atoms with Crippen LogP contribution in [0.5, 0.6) is 0 Å². The molecule has 8 unspecified atom stereocenters. The Balaban J connectivity index is 0.968. The predicted molar refractivity (Wildman–Crippen MR) is 184 cm³/mol. The van der Waals surface area contributed by atoms with Crippen molar-refractivity contribution >= 4 is 11.8 Å². The van der Waals surface area contributed by atoms with Crippen molar-refractivity contribution in [3.05, 3.63) is 35.9 Å². The van der Waals surface area contributed by atoms with Crippen molar-refractivity contribution in [3.63, 3.8) is 0 Å². The fourth-order valence-corrected chi connectivity index (χ4v) is 13.2. The summed E-state index contributed by atoms with van der Waals surface area (Å²) in [6, 6.07) is 10.7. The lowest BCUT2D eigenvalue weighted by Gasteiger charge is -2.59. The van der Waals surface area contributed by atoms with Crippen LogP contribution < -0.4 is 0 Å². The predicted octanol–water partition coefficient (Wildman–Crippen LogP) is 6.32. The molecule has 0 aromatic heterocycles. The standard InChI is InChI=1S/C41H59NO7/c1-25(43)47-36(38(4,5)45)29-14-12-28-35(48-29)34(44)33-27-13-15-30-37(2,3)31(16-17-41(30)24-40(27,41)19-18-39(28,33)6)49-32-23-42(20-21-46-32)22-26-10-8-7-9-11-26/h7-11,27-33,35-36,45H,12-24H2,1-6H3/t27?,28?,29?,30?,31-,32?,33?,35?,36-,39+,40?,41+/m0/s1. The van der Waals surface area contributed by atoms with Gasteiger partial charge in [0, 0.05) is 32.5 Å². The molecule has 8 heteroatoms. The number of aliphatic hydroxyl groups is 1. The number of carbonyl (C=O) groups excluding carboxylic acids is 2. The number of Topliss-reactive ketones (excluding diaryl/α,β-unsaturated/α-hetero) is 1. The number of benzene rings is 1. The molecule has 1 aromatic carbocycles. The molecule has 0 bridgehead atoms. The van der Waals surface area contributed by atoms with Gasteiger partial charge in [-0.25, -0.2) is 0 Å². The molecule has 12 atom stereocenters. The highest BCUT2D eigenvalue weighted by molar-refractivity contribution is 5.90. The molecule has 7 fully saturated rings. The first-order chi connectivity index (χ1) is 23.2. The first kappa shape index (κ1) is 34.3. The topological polar surface area (TPSA) is 94.5 Å². The van der Waals surface area contributed by atoms with E-state index in [4.69, 9.17) is 18.9 Å². The Kier molecular flexibility index (Phi) is 8.28. The van der Waals surface area contributed by atoms with Gasteiger partial charge in [0.2, 0.25) is 0 Å². The number of hydrogen-bond acceptors (Lipinski definition) is 8. The minimum absolute atomic E-state index is 0.0213. The summed E-state index contributed by atoms with van der Waals surface area (Å²) in [5.41, 5.74) is 0.577. The van der Waals surface area contributed by atoms with Crippen molar-refractivity contribution in [2.45, 2.75) is 142 Å². The van der Waals surface area contributed by atoms with Crippen molar-refractivity contribution in [3.8, 4) is 0 Å². The fraction of sp³-hybridized carbons (Fsp3) is 0.805. The van der Waals surface area contributed by atoms with Crippen LogP contribution in [0.1, 0.15) is 105 Å². The molecule has 2 heterocycles. The van der Waals surface area contributed by atoms with Crippen LogP contribution in [0.4, 0.5) is 0 Å². The zero-order valence-corrected chi connectivity index (χ0v) is 30.6. The molecule has 7 aliphatic rings. The van der Waals surface area contributed by atoms with Gasteiger partial charge in [-0.05, 0) is 117 Å². The van der Waals surface area contributed by atoms with Crippen LogP contribution in [0.2, 0.25) is 0 Å². The Morgan fingerprint density at radius 2 is 1.78 bits per heavy atom. The van der Waals surface area contributed by atoms with Crippen molar-refractivity contribution in [2.75, 3.05) is 19.7 Å². The van der Waals surface area contributed by atoms with E-state index in [2.05, 4.69) is 56.0 Å². The minimum atomic E-state index is -1.26. The van der Waals surface area contributed by atoms with Gasteiger partial charge in [0.1, 0.15) is 6.10 Å². The number of esters is 1. The molecule has 0 radical (unpaired) electrons.